The molecule has 6 heteroatoms. The number of carbonyl (C=O) groups is 2. The molecule has 0 aliphatic carbocycles. The Morgan fingerprint density at radius 1 is 0.850 bits per heavy atom. The van der Waals surface area contributed by atoms with Crippen LogP contribution in [-0.4, -0.2) is 25.2 Å². The van der Waals surface area contributed by atoms with Gasteiger partial charge in [0.05, 0.1) is 25.4 Å². The van der Waals surface area contributed by atoms with Gasteiger partial charge >= 0.3 is 11.9 Å². The van der Waals surface area contributed by atoms with E-state index in [-0.39, 0.29) is 50.0 Å². The summed E-state index contributed by atoms with van der Waals surface area (Å²) >= 11 is 0. The van der Waals surface area contributed by atoms with Crippen molar-refractivity contribution < 1.29 is 19.1 Å². The van der Waals surface area contributed by atoms with Gasteiger partial charge < -0.3 is 9.47 Å². The van der Waals surface area contributed by atoms with Crippen molar-refractivity contribution >= 4 is 11.9 Å². The average Bonchev–Trinajstić information content (AvgIpc) is 2.42. The maximum atomic E-state index is 11.9. The quantitative estimate of drug-likeness (QED) is 0.497. The number of nitriles is 2. The molecule has 0 N–H and O–H groups in total. The molecule has 108 valence electrons. The maximum Gasteiger partial charge on any atom is 0.334 e. The minimum atomic E-state index is -0.635. The van der Waals surface area contributed by atoms with Crippen LogP contribution >= 0.6 is 0 Å². The van der Waals surface area contributed by atoms with Crippen molar-refractivity contribution in [1.29, 1.82) is 10.5 Å². The average molecular weight is 278 g/mol. The summed E-state index contributed by atoms with van der Waals surface area (Å²) in [4.78, 5) is 23.8. The molecule has 0 saturated heterocycles. The van der Waals surface area contributed by atoms with E-state index in [2.05, 4.69) is 0 Å². The molecule has 0 aliphatic rings. The number of rotatable bonds is 8. The van der Waals surface area contributed by atoms with Gasteiger partial charge in [-0.3, -0.25) is 0 Å². The number of ether oxygens (including phenoxy) is 2. The molecule has 0 heterocycles. The highest BCUT2D eigenvalue weighted by molar-refractivity contribution is 6.00. The fourth-order valence-electron chi connectivity index (χ4n) is 1.55. The second-order valence-electron chi connectivity index (χ2n) is 3.71. The molecule has 0 aromatic heterocycles. The van der Waals surface area contributed by atoms with Gasteiger partial charge in [-0.2, -0.15) is 10.5 Å². The molecular formula is C14H18N2O4. The van der Waals surface area contributed by atoms with Crippen molar-refractivity contribution in [2.75, 3.05) is 13.2 Å². The number of hydrogen-bond donors (Lipinski definition) is 0. The van der Waals surface area contributed by atoms with Gasteiger partial charge in [-0.1, -0.05) is 0 Å². The Morgan fingerprint density at radius 2 is 1.20 bits per heavy atom. The van der Waals surface area contributed by atoms with E-state index in [1.165, 1.54) is 0 Å². The van der Waals surface area contributed by atoms with Gasteiger partial charge in [-0.05, 0) is 26.7 Å². The summed E-state index contributed by atoms with van der Waals surface area (Å²) in [6.45, 7) is 3.64. The van der Waals surface area contributed by atoms with Crippen LogP contribution in [0.4, 0.5) is 0 Å². The molecule has 0 bridgehead atoms. The molecule has 0 aromatic carbocycles. The molecule has 0 rings (SSSR count). The number of hydrogen-bond acceptors (Lipinski definition) is 6. The van der Waals surface area contributed by atoms with Crippen LogP contribution in [0.1, 0.15) is 39.5 Å². The molecule has 0 spiro atoms. The first kappa shape index (κ1) is 17.7. The summed E-state index contributed by atoms with van der Waals surface area (Å²) in [6.07, 6.45) is 0.386. The molecule has 0 aromatic rings. The van der Waals surface area contributed by atoms with E-state index in [1.807, 2.05) is 12.1 Å². The Hall–Kier alpha value is -2.34. The Morgan fingerprint density at radius 3 is 1.45 bits per heavy atom. The van der Waals surface area contributed by atoms with Gasteiger partial charge in [-0.15, -0.1) is 0 Å². The van der Waals surface area contributed by atoms with Crippen LogP contribution in [0.3, 0.4) is 0 Å². The van der Waals surface area contributed by atoms with Crippen LogP contribution in [-0.2, 0) is 19.1 Å². The lowest BCUT2D eigenvalue weighted by molar-refractivity contribution is -0.142. The van der Waals surface area contributed by atoms with Crippen molar-refractivity contribution in [3.05, 3.63) is 11.1 Å². The Balaban J connectivity index is 5.45. The number of nitrogens with zero attached hydrogens (tertiary/aromatic N) is 2. The van der Waals surface area contributed by atoms with E-state index in [0.717, 1.165) is 0 Å². The Labute approximate surface area is 118 Å². The molecule has 0 amide bonds. The van der Waals surface area contributed by atoms with Crippen LogP contribution in [0.15, 0.2) is 11.1 Å². The van der Waals surface area contributed by atoms with E-state index in [9.17, 15) is 9.59 Å². The zero-order valence-electron chi connectivity index (χ0n) is 11.8. The number of esters is 2. The Bertz CT molecular complexity index is 413. The summed E-state index contributed by atoms with van der Waals surface area (Å²) in [5, 5.41) is 17.3. The van der Waals surface area contributed by atoms with E-state index in [0.29, 0.717) is 0 Å². The predicted molar refractivity (Wildman–Crippen MR) is 70.0 cm³/mol. The first-order valence-corrected chi connectivity index (χ1v) is 6.42. The lowest BCUT2D eigenvalue weighted by Gasteiger charge is -2.12. The first-order valence-electron chi connectivity index (χ1n) is 6.42. The molecule has 20 heavy (non-hydrogen) atoms. The fourth-order valence-corrected chi connectivity index (χ4v) is 1.55. The topological polar surface area (TPSA) is 100 Å². The fraction of sp³-hybridized carbons (Fsp3) is 0.571. The SMILES string of the molecule is CCOC(=O)C(CCC#N)=C(CCC#N)C(=O)OCC. The summed E-state index contributed by atoms with van der Waals surface area (Å²) in [6, 6.07) is 3.84. The molecule has 0 fully saturated rings. The third kappa shape index (κ3) is 6.01. The van der Waals surface area contributed by atoms with Crippen molar-refractivity contribution in [3.63, 3.8) is 0 Å². The molecule has 0 unspecified atom stereocenters. The summed E-state index contributed by atoms with van der Waals surface area (Å²) in [5.41, 5.74) is 0.254. The third-order valence-electron chi connectivity index (χ3n) is 2.38. The van der Waals surface area contributed by atoms with Crippen LogP contribution < -0.4 is 0 Å². The van der Waals surface area contributed by atoms with Crippen molar-refractivity contribution in [2.24, 2.45) is 0 Å². The molecule has 0 radical (unpaired) electrons. The lowest BCUT2D eigenvalue weighted by Crippen LogP contribution is -2.17. The van der Waals surface area contributed by atoms with Crippen LogP contribution in [0, 0.1) is 22.7 Å². The van der Waals surface area contributed by atoms with Gasteiger partial charge in [0.2, 0.25) is 0 Å². The predicted octanol–water partition coefficient (Wildman–Crippen LogP) is 2.02. The van der Waals surface area contributed by atoms with Crippen LogP contribution in [0.25, 0.3) is 0 Å². The molecule has 0 atom stereocenters. The summed E-state index contributed by atoms with van der Waals surface area (Å²) < 4.78 is 9.79. The van der Waals surface area contributed by atoms with Gasteiger partial charge in [0.15, 0.2) is 0 Å². The normalized spacial score (nSPS) is 10.8. The first-order chi connectivity index (χ1) is 9.62. The maximum absolute atomic E-state index is 11.9. The second kappa shape index (κ2) is 10.6. The van der Waals surface area contributed by atoms with E-state index < -0.39 is 11.9 Å². The highest BCUT2D eigenvalue weighted by atomic mass is 16.5. The zero-order valence-corrected chi connectivity index (χ0v) is 11.8. The second-order valence-corrected chi connectivity index (χ2v) is 3.71. The minimum Gasteiger partial charge on any atom is -0.463 e. The molecule has 6 nitrogen and oxygen atoms in total. The smallest absolute Gasteiger partial charge is 0.334 e. The summed E-state index contributed by atoms with van der Waals surface area (Å²) in [5.74, 6) is -1.27. The third-order valence-corrected chi connectivity index (χ3v) is 2.38. The highest BCUT2D eigenvalue weighted by Crippen LogP contribution is 2.19. The molecule has 0 saturated carbocycles. The summed E-state index contributed by atoms with van der Waals surface area (Å²) in [7, 11) is 0. The van der Waals surface area contributed by atoms with E-state index >= 15 is 0 Å². The molecule has 0 aliphatic heterocycles. The standard InChI is InChI=1S/C14H18N2O4/c1-3-19-13(17)11(7-5-9-15)12(8-6-10-16)14(18)20-4-2/h3-8H2,1-2H3. The van der Waals surface area contributed by atoms with Gasteiger partial charge in [0, 0.05) is 24.0 Å². The van der Waals surface area contributed by atoms with Crippen LogP contribution in [0.5, 0.6) is 0 Å². The van der Waals surface area contributed by atoms with Crippen molar-refractivity contribution in [3.8, 4) is 12.1 Å². The zero-order chi connectivity index (χ0) is 15.4. The largest absolute Gasteiger partial charge is 0.463 e. The van der Waals surface area contributed by atoms with Crippen molar-refractivity contribution in [2.45, 2.75) is 39.5 Å². The van der Waals surface area contributed by atoms with Gasteiger partial charge in [0.25, 0.3) is 0 Å². The Kier molecular flexibility index (Phi) is 9.33. The lowest BCUT2D eigenvalue weighted by atomic mass is 9.99. The van der Waals surface area contributed by atoms with Crippen molar-refractivity contribution in [1.82, 2.24) is 0 Å². The number of carbonyl (C=O) groups excluding carboxylic acids is 2. The monoisotopic (exact) mass is 278 g/mol. The van der Waals surface area contributed by atoms with Gasteiger partial charge in [-0.25, -0.2) is 9.59 Å². The minimum absolute atomic E-state index is 0.0869. The van der Waals surface area contributed by atoms with E-state index in [4.69, 9.17) is 20.0 Å². The van der Waals surface area contributed by atoms with Crippen LogP contribution in [0.2, 0.25) is 0 Å². The van der Waals surface area contributed by atoms with Gasteiger partial charge in [0.1, 0.15) is 0 Å². The molecular weight excluding hydrogens is 260 g/mol. The highest BCUT2D eigenvalue weighted by Gasteiger charge is 2.22. The van der Waals surface area contributed by atoms with E-state index in [1.54, 1.807) is 13.8 Å².